The molecule has 0 saturated carbocycles. The van der Waals surface area contributed by atoms with E-state index in [1.54, 1.807) is 18.6 Å². The van der Waals surface area contributed by atoms with Crippen LogP contribution >= 0.6 is 11.6 Å². The molecule has 1 fully saturated rings. The summed E-state index contributed by atoms with van der Waals surface area (Å²) in [5.41, 5.74) is 4.83. The summed E-state index contributed by atoms with van der Waals surface area (Å²) in [7, 11) is 0. The Balaban J connectivity index is 1.66. The molecular weight excluding hydrogens is 445 g/mol. The number of hydrogen-bond donors (Lipinski definition) is 1. The van der Waals surface area contributed by atoms with Gasteiger partial charge in [-0.1, -0.05) is 11.6 Å². The van der Waals surface area contributed by atoms with Gasteiger partial charge in [-0.3, -0.25) is 9.55 Å². The van der Waals surface area contributed by atoms with Crippen LogP contribution in [0.5, 0.6) is 0 Å². The molecule has 0 atom stereocenters. The lowest BCUT2D eigenvalue weighted by Gasteiger charge is -2.29. The summed E-state index contributed by atoms with van der Waals surface area (Å²) < 4.78 is 21.7. The van der Waals surface area contributed by atoms with Crippen LogP contribution < -0.4 is 4.90 Å². The van der Waals surface area contributed by atoms with Crippen molar-refractivity contribution in [1.29, 1.82) is 0 Å². The summed E-state index contributed by atoms with van der Waals surface area (Å²) in [5.74, 6) is 0.922. The van der Waals surface area contributed by atoms with Crippen molar-refractivity contribution in [2.75, 3.05) is 31.2 Å². The minimum atomic E-state index is -0.497. The Morgan fingerprint density at radius 3 is 2.76 bits per heavy atom. The monoisotopic (exact) mass is 463 g/mol. The van der Waals surface area contributed by atoms with Crippen LogP contribution in [0.4, 0.5) is 10.1 Å². The molecule has 0 amide bonds. The van der Waals surface area contributed by atoms with E-state index in [4.69, 9.17) is 21.3 Å². The standard InChI is InChI=1S/C23H19ClFN7O/c1-13-29-21-16(23-27-12-28-30-23)10-14(31-6-8-33-9-7-31)11-19(21)32(13)18-4-5-26-22-15(18)2-3-17(25)20(22)24/h2-5,10-12H,6-9H2,1H3,(H,27,28,30). The van der Waals surface area contributed by atoms with Gasteiger partial charge < -0.3 is 14.6 Å². The molecule has 10 heteroatoms. The molecule has 5 aromatic rings. The predicted octanol–water partition coefficient (Wildman–Crippen LogP) is 4.30. The maximum atomic E-state index is 14.1. The number of imidazole rings is 1. The van der Waals surface area contributed by atoms with Crippen molar-refractivity contribution < 1.29 is 9.13 Å². The van der Waals surface area contributed by atoms with Gasteiger partial charge in [0.1, 0.15) is 28.5 Å². The summed E-state index contributed by atoms with van der Waals surface area (Å²) in [6, 6.07) is 9.16. The van der Waals surface area contributed by atoms with Crippen molar-refractivity contribution in [3.05, 3.63) is 59.5 Å². The Kier molecular flexibility index (Phi) is 4.74. The number of nitrogens with one attached hydrogen (secondary N) is 1. The van der Waals surface area contributed by atoms with E-state index in [1.165, 1.54) is 6.07 Å². The number of halogens is 2. The highest BCUT2D eigenvalue weighted by atomic mass is 35.5. The number of benzene rings is 2. The Hall–Kier alpha value is -3.56. The number of fused-ring (bicyclic) bond motifs is 2. The van der Waals surface area contributed by atoms with Crippen molar-refractivity contribution in [3.8, 4) is 17.1 Å². The fourth-order valence-electron chi connectivity index (χ4n) is 4.44. The Morgan fingerprint density at radius 2 is 1.97 bits per heavy atom. The number of rotatable bonds is 3. The lowest BCUT2D eigenvalue weighted by molar-refractivity contribution is 0.122. The van der Waals surface area contributed by atoms with Crippen LogP contribution in [0, 0.1) is 12.7 Å². The van der Waals surface area contributed by atoms with Crippen molar-refractivity contribution in [2.45, 2.75) is 6.92 Å². The van der Waals surface area contributed by atoms with E-state index in [9.17, 15) is 4.39 Å². The number of aromatic nitrogens is 6. The zero-order valence-corrected chi connectivity index (χ0v) is 18.5. The number of aromatic amines is 1. The van der Waals surface area contributed by atoms with Gasteiger partial charge in [-0.15, -0.1) is 10.2 Å². The van der Waals surface area contributed by atoms with Crippen LogP contribution in [-0.4, -0.2) is 56.0 Å². The molecule has 0 aliphatic carbocycles. The van der Waals surface area contributed by atoms with Crippen molar-refractivity contribution in [1.82, 2.24) is 29.7 Å². The number of aryl methyl sites for hydroxylation is 1. The predicted molar refractivity (Wildman–Crippen MR) is 124 cm³/mol. The molecule has 0 unspecified atom stereocenters. The van der Waals surface area contributed by atoms with Crippen molar-refractivity contribution >= 4 is 39.2 Å². The third-order valence-corrected chi connectivity index (χ3v) is 6.34. The number of pyridine rings is 1. The molecule has 1 N–H and O–H groups in total. The summed E-state index contributed by atoms with van der Waals surface area (Å²) in [4.78, 5) is 14.6. The normalized spacial score (nSPS) is 14.5. The van der Waals surface area contributed by atoms with E-state index in [0.29, 0.717) is 24.6 Å². The molecule has 0 bridgehead atoms. The van der Waals surface area contributed by atoms with Crippen molar-refractivity contribution in [3.63, 3.8) is 0 Å². The first-order chi connectivity index (χ1) is 16.1. The quantitative estimate of drug-likeness (QED) is 0.429. The van der Waals surface area contributed by atoms with Crippen LogP contribution in [0.15, 0.2) is 42.9 Å². The summed E-state index contributed by atoms with van der Waals surface area (Å²) in [6.45, 7) is 4.87. The molecule has 0 spiro atoms. The van der Waals surface area contributed by atoms with Crippen LogP contribution in [0.25, 0.3) is 39.0 Å². The largest absolute Gasteiger partial charge is 0.378 e. The van der Waals surface area contributed by atoms with E-state index < -0.39 is 5.82 Å². The average Bonchev–Trinajstić information content (AvgIpc) is 3.49. The second-order valence-corrected chi connectivity index (χ2v) is 8.26. The molecule has 3 aromatic heterocycles. The van der Waals surface area contributed by atoms with E-state index in [-0.39, 0.29) is 5.02 Å². The Morgan fingerprint density at radius 1 is 1.12 bits per heavy atom. The second-order valence-electron chi connectivity index (χ2n) is 7.88. The van der Waals surface area contributed by atoms with Gasteiger partial charge >= 0.3 is 0 Å². The zero-order valence-electron chi connectivity index (χ0n) is 17.7. The molecule has 1 saturated heterocycles. The number of nitrogens with zero attached hydrogens (tertiary/aromatic N) is 6. The minimum absolute atomic E-state index is 0.00720. The SMILES string of the molecule is Cc1nc2c(-c3nnc[nH]3)cc(N3CCOCC3)cc2n1-c1ccnc2c(Cl)c(F)ccc12. The summed E-state index contributed by atoms with van der Waals surface area (Å²) >= 11 is 6.24. The third-order valence-electron chi connectivity index (χ3n) is 5.98. The molecule has 6 rings (SSSR count). The number of anilines is 1. The second kappa shape index (κ2) is 7.79. The first-order valence-electron chi connectivity index (χ1n) is 10.6. The molecular formula is C23H19ClFN7O. The Labute approximate surface area is 193 Å². The minimum Gasteiger partial charge on any atom is -0.378 e. The fraction of sp³-hybridized carbons (Fsp3) is 0.217. The van der Waals surface area contributed by atoms with E-state index in [1.807, 2.05) is 13.0 Å². The van der Waals surface area contributed by atoms with Gasteiger partial charge in [0.15, 0.2) is 5.82 Å². The number of H-pyrrole nitrogens is 1. The highest BCUT2D eigenvalue weighted by Crippen LogP contribution is 2.36. The fourth-order valence-corrected chi connectivity index (χ4v) is 4.66. The lowest BCUT2D eigenvalue weighted by atomic mass is 10.1. The third kappa shape index (κ3) is 3.23. The van der Waals surface area contributed by atoms with E-state index >= 15 is 0 Å². The van der Waals surface area contributed by atoms with Gasteiger partial charge in [0.25, 0.3) is 0 Å². The number of morpholine rings is 1. The molecule has 33 heavy (non-hydrogen) atoms. The molecule has 2 aromatic carbocycles. The van der Waals surface area contributed by atoms with Gasteiger partial charge in [0.05, 0.1) is 29.9 Å². The van der Waals surface area contributed by atoms with Gasteiger partial charge in [0, 0.05) is 35.9 Å². The average molecular weight is 464 g/mol. The van der Waals surface area contributed by atoms with Gasteiger partial charge in [-0.2, -0.15) is 0 Å². The van der Waals surface area contributed by atoms with Crippen LogP contribution in [-0.2, 0) is 4.74 Å². The molecule has 8 nitrogen and oxygen atoms in total. The van der Waals surface area contributed by atoms with Crippen LogP contribution in [0.2, 0.25) is 5.02 Å². The summed E-state index contributed by atoms with van der Waals surface area (Å²) in [5, 5.41) is 8.95. The maximum absolute atomic E-state index is 14.1. The molecule has 1 aliphatic rings. The highest BCUT2D eigenvalue weighted by Gasteiger charge is 2.21. The molecule has 1 aliphatic heterocycles. The molecule has 0 radical (unpaired) electrons. The maximum Gasteiger partial charge on any atom is 0.163 e. The van der Waals surface area contributed by atoms with E-state index in [0.717, 1.165) is 52.3 Å². The lowest BCUT2D eigenvalue weighted by Crippen LogP contribution is -2.36. The van der Waals surface area contributed by atoms with Crippen LogP contribution in [0.3, 0.4) is 0 Å². The van der Waals surface area contributed by atoms with Gasteiger partial charge in [-0.25, -0.2) is 9.37 Å². The number of ether oxygens (including phenoxy) is 1. The number of hydrogen-bond acceptors (Lipinski definition) is 6. The van der Waals surface area contributed by atoms with Gasteiger partial charge in [-0.05, 0) is 37.3 Å². The summed E-state index contributed by atoms with van der Waals surface area (Å²) in [6.07, 6.45) is 3.19. The van der Waals surface area contributed by atoms with E-state index in [2.05, 4.69) is 41.8 Å². The first kappa shape index (κ1) is 20.1. The highest BCUT2D eigenvalue weighted by molar-refractivity contribution is 6.35. The topological polar surface area (TPSA) is 84.8 Å². The van der Waals surface area contributed by atoms with Crippen molar-refractivity contribution in [2.24, 2.45) is 0 Å². The smallest absolute Gasteiger partial charge is 0.163 e. The molecule has 4 heterocycles. The van der Waals surface area contributed by atoms with Crippen LogP contribution in [0.1, 0.15) is 5.82 Å². The first-order valence-corrected chi connectivity index (χ1v) is 10.9. The zero-order chi connectivity index (χ0) is 22.5. The molecule has 166 valence electrons. The van der Waals surface area contributed by atoms with Gasteiger partial charge in [0.2, 0.25) is 0 Å². The Bertz CT molecular complexity index is 1490.